The summed E-state index contributed by atoms with van der Waals surface area (Å²) < 4.78 is 5.06. The maximum absolute atomic E-state index is 11.7. The van der Waals surface area contributed by atoms with Gasteiger partial charge in [0.15, 0.2) is 0 Å². The minimum atomic E-state index is -1.03. The number of ether oxygens (including phenoxy) is 1. The molecule has 2 amide bonds. The third-order valence-electron chi connectivity index (χ3n) is 3.04. The van der Waals surface area contributed by atoms with E-state index in [9.17, 15) is 14.4 Å². The lowest BCUT2D eigenvalue weighted by Crippen LogP contribution is -2.45. The molecule has 0 aliphatic rings. The van der Waals surface area contributed by atoms with Crippen LogP contribution in [0.4, 0.5) is 4.79 Å². The molecular weight excluding hydrogens is 288 g/mol. The number of carboxylic acids is 1. The number of amides is 2. The smallest absolute Gasteiger partial charge is 0.407 e. The zero-order chi connectivity index (χ0) is 17.3. The van der Waals surface area contributed by atoms with E-state index in [-0.39, 0.29) is 18.2 Å². The number of hydrogen-bond acceptors (Lipinski definition) is 4. The van der Waals surface area contributed by atoms with Crippen LogP contribution in [-0.2, 0) is 14.3 Å². The van der Waals surface area contributed by atoms with Crippen molar-refractivity contribution < 1.29 is 24.2 Å². The fourth-order valence-electron chi connectivity index (χ4n) is 1.68. The number of carbonyl (C=O) groups excluding carboxylic acids is 2. The minimum absolute atomic E-state index is 0.138. The SMILES string of the molecule is CCC(C)[C@H](NC(=O)CCCNC(=O)OC(C)(C)C)C(=O)O. The topological polar surface area (TPSA) is 105 Å². The van der Waals surface area contributed by atoms with E-state index in [1.54, 1.807) is 27.7 Å². The van der Waals surface area contributed by atoms with Crippen molar-refractivity contribution in [3.8, 4) is 0 Å². The second kappa shape index (κ2) is 9.27. The Bertz CT molecular complexity index is 390. The van der Waals surface area contributed by atoms with Crippen molar-refractivity contribution >= 4 is 18.0 Å². The van der Waals surface area contributed by atoms with E-state index in [2.05, 4.69) is 10.6 Å². The number of hydrogen-bond donors (Lipinski definition) is 3. The van der Waals surface area contributed by atoms with Crippen LogP contribution in [0, 0.1) is 5.92 Å². The summed E-state index contributed by atoms with van der Waals surface area (Å²) in [6.07, 6.45) is 0.696. The Balaban J connectivity index is 4.04. The van der Waals surface area contributed by atoms with Crippen LogP contribution in [0.2, 0.25) is 0 Å². The fourth-order valence-corrected chi connectivity index (χ4v) is 1.68. The Morgan fingerprint density at radius 3 is 2.27 bits per heavy atom. The Morgan fingerprint density at radius 2 is 1.82 bits per heavy atom. The summed E-state index contributed by atoms with van der Waals surface area (Å²) in [6, 6.07) is -0.878. The molecule has 0 bridgehead atoms. The second-order valence-electron chi connectivity index (χ2n) is 6.30. The minimum Gasteiger partial charge on any atom is -0.480 e. The molecule has 0 rings (SSSR count). The van der Waals surface area contributed by atoms with Gasteiger partial charge < -0.3 is 20.5 Å². The third-order valence-corrected chi connectivity index (χ3v) is 3.04. The Hall–Kier alpha value is -1.79. The van der Waals surface area contributed by atoms with Gasteiger partial charge in [-0.05, 0) is 33.1 Å². The average molecular weight is 316 g/mol. The summed E-state index contributed by atoms with van der Waals surface area (Å²) in [6.45, 7) is 9.24. The zero-order valence-corrected chi connectivity index (χ0v) is 14.1. The van der Waals surface area contributed by atoms with Crippen LogP contribution in [0.3, 0.4) is 0 Å². The molecule has 0 heterocycles. The van der Waals surface area contributed by atoms with Crippen molar-refractivity contribution in [3.63, 3.8) is 0 Å². The van der Waals surface area contributed by atoms with Crippen molar-refractivity contribution in [1.29, 1.82) is 0 Å². The largest absolute Gasteiger partial charge is 0.480 e. The molecule has 3 N–H and O–H groups in total. The van der Waals surface area contributed by atoms with Gasteiger partial charge in [-0.25, -0.2) is 9.59 Å². The average Bonchev–Trinajstić information content (AvgIpc) is 2.37. The predicted octanol–water partition coefficient (Wildman–Crippen LogP) is 1.91. The second-order valence-corrected chi connectivity index (χ2v) is 6.30. The molecule has 128 valence electrons. The number of alkyl carbamates (subject to hydrolysis) is 1. The van der Waals surface area contributed by atoms with Crippen LogP contribution in [0.1, 0.15) is 53.9 Å². The van der Waals surface area contributed by atoms with E-state index in [1.807, 2.05) is 6.92 Å². The molecule has 0 aromatic rings. The van der Waals surface area contributed by atoms with Crippen LogP contribution in [0.5, 0.6) is 0 Å². The summed E-state index contributed by atoms with van der Waals surface area (Å²) in [5.41, 5.74) is -0.563. The molecule has 0 saturated carbocycles. The molecular formula is C15H28N2O5. The molecule has 0 aliphatic heterocycles. The van der Waals surface area contributed by atoms with Crippen LogP contribution in [-0.4, -0.2) is 41.3 Å². The number of rotatable bonds is 8. The first kappa shape index (κ1) is 20.2. The Labute approximate surface area is 131 Å². The first-order valence-electron chi connectivity index (χ1n) is 7.55. The molecule has 0 saturated heterocycles. The van der Waals surface area contributed by atoms with Crippen molar-refractivity contribution in [2.75, 3.05) is 6.54 Å². The first-order valence-corrected chi connectivity index (χ1v) is 7.55. The number of nitrogens with one attached hydrogen (secondary N) is 2. The summed E-state index contributed by atoms with van der Waals surface area (Å²) in [7, 11) is 0. The van der Waals surface area contributed by atoms with Gasteiger partial charge in [0.05, 0.1) is 0 Å². The van der Waals surface area contributed by atoms with Gasteiger partial charge in [-0.3, -0.25) is 4.79 Å². The monoisotopic (exact) mass is 316 g/mol. The van der Waals surface area contributed by atoms with E-state index in [1.165, 1.54) is 0 Å². The highest BCUT2D eigenvalue weighted by atomic mass is 16.6. The van der Waals surface area contributed by atoms with Crippen molar-refractivity contribution in [2.24, 2.45) is 5.92 Å². The summed E-state index contributed by atoms with van der Waals surface area (Å²) in [4.78, 5) is 34.2. The van der Waals surface area contributed by atoms with Crippen LogP contribution >= 0.6 is 0 Å². The standard InChI is InChI=1S/C15H28N2O5/c1-6-10(2)12(13(19)20)17-11(18)8-7-9-16-14(21)22-15(3,4)5/h10,12H,6-9H2,1-5H3,(H,16,21)(H,17,18)(H,19,20)/t10?,12-/m0/s1. The Morgan fingerprint density at radius 1 is 1.23 bits per heavy atom. The van der Waals surface area contributed by atoms with E-state index in [4.69, 9.17) is 9.84 Å². The highest BCUT2D eigenvalue weighted by molar-refractivity contribution is 5.83. The van der Waals surface area contributed by atoms with Crippen molar-refractivity contribution in [3.05, 3.63) is 0 Å². The van der Waals surface area contributed by atoms with E-state index >= 15 is 0 Å². The highest BCUT2D eigenvalue weighted by Crippen LogP contribution is 2.08. The lowest BCUT2D eigenvalue weighted by Gasteiger charge is -2.20. The molecule has 0 aromatic carbocycles. The molecule has 0 spiro atoms. The molecule has 1 unspecified atom stereocenters. The quantitative estimate of drug-likeness (QED) is 0.593. The van der Waals surface area contributed by atoms with Gasteiger partial charge in [0.25, 0.3) is 0 Å². The molecule has 7 nitrogen and oxygen atoms in total. The van der Waals surface area contributed by atoms with Gasteiger partial charge in [0, 0.05) is 13.0 Å². The number of carboxylic acid groups (broad SMARTS) is 1. The van der Waals surface area contributed by atoms with E-state index in [0.717, 1.165) is 0 Å². The maximum Gasteiger partial charge on any atom is 0.407 e. The maximum atomic E-state index is 11.7. The zero-order valence-electron chi connectivity index (χ0n) is 14.1. The molecule has 22 heavy (non-hydrogen) atoms. The molecule has 2 atom stereocenters. The summed E-state index contributed by atoms with van der Waals surface area (Å²) >= 11 is 0. The lowest BCUT2D eigenvalue weighted by molar-refractivity contribution is -0.143. The number of carbonyl (C=O) groups is 3. The van der Waals surface area contributed by atoms with Gasteiger partial charge in [0.2, 0.25) is 5.91 Å². The van der Waals surface area contributed by atoms with Gasteiger partial charge in [-0.15, -0.1) is 0 Å². The van der Waals surface area contributed by atoms with E-state index < -0.39 is 23.7 Å². The van der Waals surface area contributed by atoms with Crippen LogP contribution in [0.25, 0.3) is 0 Å². The van der Waals surface area contributed by atoms with Gasteiger partial charge >= 0.3 is 12.1 Å². The lowest BCUT2D eigenvalue weighted by atomic mass is 9.99. The molecule has 0 fully saturated rings. The highest BCUT2D eigenvalue weighted by Gasteiger charge is 2.24. The predicted molar refractivity (Wildman–Crippen MR) is 82.5 cm³/mol. The van der Waals surface area contributed by atoms with Gasteiger partial charge in [-0.2, -0.15) is 0 Å². The molecule has 0 radical (unpaired) electrons. The van der Waals surface area contributed by atoms with Crippen LogP contribution in [0.15, 0.2) is 0 Å². The normalized spacial score (nSPS) is 13.9. The fraction of sp³-hybridized carbons (Fsp3) is 0.800. The molecule has 0 aromatic heterocycles. The number of aliphatic carboxylic acids is 1. The van der Waals surface area contributed by atoms with Gasteiger partial charge in [0.1, 0.15) is 11.6 Å². The first-order chi connectivity index (χ1) is 10.1. The molecule has 7 heteroatoms. The summed E-state index contributed by atoms with van der Waals surface area (Å²) in [5.74, 6) is -1.50. The molecule has 0 aliphatic carbocycles. The summed E-state index contributed by atoms with van der Waals surface area (Å²) in [5, 5.41) is 14.1. The van der Waals surface area contributed by atoms with Crippen molar-refractivity contribution in [2.45, 2.75) is 65.5 Å². The third kappa shape index (κ3) is 9.20. The Kier molecular flexibility index (Phi) is 8.52. The van der Waals surface area contributed by atoms with E-state index in [0.29, 0.717) is 19.4 Å². The van der Waals surface area contributed by atoms with Crippen molar-refractivity contribution in [1.82, 2.24) is 10.6 Å². The van der Waals surface area contributed by atoms with Gasteiger partial charge in [-0.1, -0.05) is 20.3 Å². The van der Waals surface area contributed by atoms with Crippen LogP contribution < -0.4 is 10.6 Å².